The van der Waals surface area contributed by atoms with Crippen LogP contribution in [0, 0.1) is 0 Å². The highest BCUT2D eigenvalue weighted by Crippen LogP contribution is 2.24. The van der Waals surface area contributed by atoms with E-state index >= 15 is 0 Å². The maximum absolute atomic E-state index is 11.2. The molecule has 0 radical (unpaired) electrons. The minimum Gasteiger partial charge on any atom is -0.338 e. The molecule has 0 unspecified atom stereocenters. The Hall–Kier alpha value is -1.62. The number of anilines is 1. The molecule has 2 N–H and O–H groups in total. The molecular formula is C12H17N3OS. The number of aromatic nitrogens is 1. The van der Waals surface area contributed by atoms with Crippen LogP contribution in [0.5, 0.6) is 0 Å². The van der Waals surface area contributed by atoms with Gasteiger partial charge in [0.25, 0.3) is 0 Å². The molecule has 0 saturated carbocycles. The van der Waals surface area contributed by atoms with Crippen molar-refractivity contribution in [2.75, 3.05) is 11.9 Å². The summed E-state index contributed by atoms with van der Waals surface area (Å²) in [5.41, 5.74) is 0.911. The topological polar surface area (TPSA) is 54.0 Å². The van der Waals surface area contributed by atoms with Gasteiger partial charge in [-0.3, -0.25) is 5.32 Å². The summed E-state index contributed by atoms with van der Waals surface area (Å²) in [5, 5.41) is 5.97. The average molecular weight is 251 g/mol. The van der Waals surface area contributed by atoms with E-state index in [1.54, 1.807) is 0 Å². The van der Waals surface area contributed by atoms with Gasteiger partial charge in [0.1, 0.15) is 0 Å². The second-order valence-corrected chi connectivity index (χ2v) is 4.00. The number of carbonyl (C=O) groups excluding carboxylic acids is 1. The fourth-order valence-corrected chi connectivity index (χ4v) is 2.09. The van der Waals surface area contributed by atoms with Crippen LogP contribution in [0.3, 0.4) is 0 Å². The molecule has 1 aromatic heterocycles. The van der Waals surface area contributed by atoms with Crippen molar-refractivity contribution in [2.24, 2.45) is 0 Å². The highest BCUT2D eigenvalue weighted by molar-refractivity contribution is 7.22. The molecule has 2 aromatic rings. The lowest BCUT2D eigenvalue weighted by Gasteiger charge is -2.00. The lowest BCUT2D eigenvalue weighted by atomic mass is 10.3. The molecule has 4 nitrogen and oxygen atoms in total. The Bertz CT molecular complexity index is 448. The maximum Gasteiger partial charge on any atom is 0.321 e. The van der Waals surface area contributed by atoms with E-state index in [-0.39, 0.29) is 6.03 Å². The molecule has 2 rings (SSSR count). The molecule has 1 heterocycles. The number of para-hydroxylation sites is 1. The zero-order chi connectivity index (χ0) is 12.7. The van der Waals surface area contributed by atoms with Gasteiger partial charge in [-0.15, -0.1) is 0 Å². The zero-order valence-corrected chi connectivity index (χ0v) is 11.1. The Labute approximate surface area is 105 Å². The van der Waals surface area contributed by atoms with E-state index in [0.29, 0.717) is 11.7 Å². The number of hydrogen-bond donors (Lipinski definition) is 2. The Kier molecular flexibility index (Phi) is 5.42. The molecule has 1 aromatic carbocycles. The molecule has 0 aliphatic heterocycles. The van der Waals surface area contributed by atoms with Crippen molar-refractivity contribution in [3.05, 3.63) is 24.3 Å². The van der Waals surface area contributed by atoms with Crippen molar-refractivity contribution in [3.8, 4) is 0 Å². The number of thiazole rings is 1. The van der Waals surface area contributed by atoms with Gasteiger partial charge in [0.05, 0.1) is 10.2 Å². The highest BCUT2D eigenvalue weighted by atomic mass is 32.1. The van der Waals surface area contributed by atoms with E-state index in [4.69, 9.17) is 0 Å². The van der Waals surface area contributed by atoms with E-state index < -0.39 is 0 Å². The summed E-state index contributed by atoms with van der Waals surface area (Å²) in [6, 6.07) is 7.58. The van der Waals surface area contributed by atoms with Crippen LogP contribution in [0.4, 0.5) is 9.93 Å². The second kappa shape index (κ2) is 6.85. The number of amides is 2. The SMILES string of the molecule is CC.CCNC(=O)Nc1nc2ccccc2s1. The van der Waals surface area contributed by atoms with Gasteiger partial charge in [-0.1, -0.05) is 37.3 Å². The first-order valence-electron chi connectivity index (χ1n) is 5.70. The van der Waals surface area contributed by atoms with Crippen molar-refractivity contribution < 1.29 is 4.79 Å². The fourth-order valence-electron chi connectivity index (χ4n) is 1.23. The summed E-state index contributed by atoms with van der Waals surface area (Å²) in [4.78, 5) is 15.5. The van der Waals surface area contributed by atoms with E-state index in [2.05, 4.69) is 15.6 Å². The Morgan fingerprint density at radius 1 is 1.35 bits per heavy atom. The van der Waals surface area contributed by atoms with Crippen LogP contribution in [-0.4, -0.2) is 17.6 Å². The van der Waals surface area contributed by atoms with E-state index in [9.17, 15) is 4.79 Å². The number of nitrogens with zero attached hydrogens (tertiary/aromatic N) is 1. The van der Waals surface area contributed by atoms with Gasteiger partial charge in [-0.25, -0.2) is 9.78 Å². The average Bonchev–Trinajstić information content (AvgIpc) is 2.73. The van der Waals surface area contributed by atoms with Crippen LogP contribution in [0.25, 0.3) is 10.2 Å². The molecule has 0 spiro atoms. The van der Waals surface area contributed by atoms with Crippen LogP contribution < -0.4 is 10.6 Å². The quantitative estimate of drug-likeness (QED) is 0.858. The van der Waals surface area contributed by atoms with Crippen molar-refractivity contribution in [2.45, 2.75) is 20.8 Å². The molecule has 0 atom stereocenters. The summed E-state index contributed by atoms with van der Waals surface area (Å²) in [5.74, 6) is 0. The Morgan fingerprint density at radius 3 is 2.71 bits per heavy atom. The molecule has 0 bridgehead atoms. The first-order chi connectivity index (χ1) is 8.29. The van der Waals surface area contributed by atoms with Crippen LogP contribution in [-0.2, 0) is 0 Å². The van der Waals surface area contributed by atoms with Gasteiger partial charge in [0.15, 0.2) is 5.13 Å². The van der Waals surface area contributed by atoms with Crippen LogP contribution >= 0.6 is 11.3 Å². The summed E-state index contributed by atoms with van der Waals surface area (Å²) < 4.78 is 1.07. The monoisotopic (exact) mass is 251 g/mol. The number of benzene rings is 1. The smallest absolute Gasteiger partial charge is 0.321 e. The molecule has 0 fully saturated rings. The van der Waals surface area contributed by atoms with Gasteiger partial charge < -0.3 is 5.32 Å². The number of nitrogens with one attached hydrogen (secondary N) is 2. The van der Waals surface area contributed by atoms with Gasteiger partial charge in [0, 0.05) is 6.54 Å². The largest absolute Gasteiger partial charge is 0.338 e. The summed E-state index contributed by atoms with van der Waals surface area (Å²) in [6.07, 6.45) is 0. The highest BCUT2D eigenvalue weighted by Gasteiger charge is 2.05. The number of carbonyl (C=O) groups is 1. The third-order valence-corrected chi connectivity index (χ3v) is 2.80. The predicted octanol–water partition coefficient (Wildman–Crippen LogP) is 3.46. The second-order valence-electron chi connectivity index (χ2n) is 2.97. The Morgan fingerprint density at radius 2 is 2.06 bits per heavy atom. The number of fused-ring (bicyclic) bond motifs is 1. The molecule has 5 heteroatoms. The molecule has 0 aliphatic rings. The molecule has 92 valence electrons. The number of rotatable bonds is 2. The first-order valence-corrected chi connectivity index (χ1v) is 6.51. The molecular weight excluding hydrogens is 234 g/mol. The van der Waals surface area contributed by atoms with Crippen molar-refractivity contribution >= 4 is 32.7 Å². The third kappa shape index (κ3) is 3.71. The zero-order valence-electron chi connectivity index (χ0n) is 10.3. The number of hydrogen-bond acceptors (Lipinski definition) is 3. The van der Waals surface area contributed by atoms with Crippen LogP contribution in [0.15, 0.2) is 24.3 Å². The lowest BCUT2D eigenvalue weighted by Crippen LogP contribution is -2.28. The Balaban J connectivity index is 0.000000686. The minimum absolute atomic E-state index is 0.212. The van der Waals surface area contributed by atoms with Gasteiger partial charge in [-0.2, -0.15) is 0 Å². The minimum atomic E-state index is -0.212. The molecule has 2 amide bonds. The van der Waals surface area contributed by atoms with E-state index in [1.807, 2.05) is 45.0 Å². The summed E-state index contributed by atoms with van der Waals surface area (Å²) in [6.45, 7) is 6.48. The van der Waals surface area contributed by atoms with Crippen molar-refractivity contribution in [3.63, 3.8) is 0 Å². The molecule has 0 aliphatic carbocycles. The van der Waals surface area contributed by atoms with Crippen molar-refractivity contribution in [1.29, 1.82) is 0 Å². The van der Waals surface area contributed by atoms with Crippen molar-refractivity contribution in [1.82, 2.24) is 10.3 Å². The van der Waals surface area contributed by atoms with Crippen LogP contribution in [0.2, 0.25) is 0 Å². The standard InChI is InChI=1S/C10H11N3OS.C2H6/c1-2-11-9(14)13-10-12-7-5-3-4-6-8(7)15-10;1-2/h3-6H,2H2,1H3,(H2,11,12,13,14);1-2H3. The van der Waals surface area contributed by atoms with E-state index in [1.165, 1.54) is 11.3 Å². The molecule has 0 saturated heterocycles. The first kappa shape index (κ1) is 13.4. The van der Waals surface area contributed by atoms with Gasteiger partial charge in [0.2, 0.25) is 0 Å². The molecule has 17 heavy (non-hydrogen) atoms. The number of urea groups is 1. The van der Waals surface area contributed by atoms with Gasteiger partial charge in [-0.05, 0) is 19.1 Å². The predicted molar refractivity (Wildman–Crippen MR) is 73.7 cm³/mol. The van der Waals surface area contributed by atoms with E-state index in [0.717, 1.165) is 10.2 Å². The summed E-state index contributed by atoms with van der Waals surface area (Å²) in [7, 11) is 0. The normalized spacial score (nSPS) is 9.35. The fraction of sp³-hybridized carbons (Fsp3) is 0.333. The van der Waals surface area contributed by atoms with Gasteiger partial charge >= 0.3 is 6.03 Å². The lowest BCUT2D eigenvalue weighted by molar-refractivity contribution is 0.252. The van der Waals surface area contributed by atoms with Crippen LogP contribution in [0.1, 0.15) is 20.8 Å². The third-order valence-electron chi connectivity index (χ3n) is 1.85. The summed E-state index contributed by atoms with van der Waals surface area (Å²) >= 11 is 1.47. The maximum atomic E-state index is 11.2.